The summed E-state index contributed by atoms with van der Waals surface area (Å²) >= 11 is 0. The van der Waals surface area contributed by atoms with Crippen molar-refractivity contribution in [2.75, 3.05) is 45.0 Å². The minimum Gasteiger partial charge on any atom is -0.355 e. The Morgan fingerprint density at radius 2 is 1.67 bits per heavy atom. The molecule has 1 saturated heterocycles. The lowest BCUT2D eigenvalue weighted by Gasteiger charge is -2.34. The molecule has 2 fully saturated rings. The van der Waals surface area contributed by atoms with Gasteiger partial charge in [-0.25, -0.2) is 13.1 Å². The van der Waals surface area contributed by atoms with Gasteiger partial charge in [-0.05, 0) is 38.0 Å². The van der Waals surface area contributed by atoms with Crippen LogP contribution in [0.4, 0.5) is 0 Å². The number of piperazine rings is 1. The molecule has 0 bridgehead atoms. The Balaban J connectivity index is 1.72. The van der Waals surface area contributed by atoms with Gasteiger partial charge in [-0.3, -0.25) is 14.5 Å². The van der Waals surface area contributed by atoms with Gasteiger partial charge < -0.3 is 10.2 Å². The largest absolute Gasteiger partial charge is 0.355 e. The number of rotatable bonds is 8. The number of hydrogen-bond donors (Lipinski definition) is 2. The summed E-state index contributed by atoms with van der Waals surface area (Å²) in [5.74, 6) is -0.213. The first-order chi connectivity index (χ1) is 12.8. The van der Waals surface area contributed by atoms with Gasteiger partial charge in [0.2, 0.25) is 21.8 Å². The van der Waals surface area contributed by atoms with Crippen molar-refractivity contribution in [3.63, 3.8) is 0 Å². The van der Waals surface area contributed by atoms with E-state index >= 15 is 0 Å². The molecule has 1 saturated carbocycles. The van der Waals surface area contributed by atoms with E-state index in [-0.39, 0.29) is 17.9 Å². The van der Waals surface area contributed by atoms with E-state index in [2.05, 4.69) is 17.0 Å². The van der Waals surface area contributed by atoms with Crippen molar-refractivity contribution in [1.29, 1.82) is 0 Å². The van der Waals surface area contributed by atoms with E-state index < -0.39 is 15.8 Å². The zero-order chi connectivity index (χ0) is 19.9. The molecule has 156 valence electrons. The van der Waals surface area contributed by atoms with Gasteiger partial charge in [0.1, 0.15) is 5.75 Å². The molecule has 0 radical (unpaired) electrons. The first-order valence-electron chi connectivity index (χ1n) is 10.1. The highest BCUT2D eigenvalue weighted by molar-refractivity contribution is 7.90. The van der Waals surface area contributed by atoms with Crippen LogP contribution in [0.15, 0.2) is 0 Å². The Labute approximate surface area is 163 Å². The highest BCUT2D eigenvalue weighted by Crippen LogP contribution is 2.23. The van der Waals surface area contributed by atoms with Gasteiger partial charge in [0.05, 0.1) is 6.54 Å². The zero-order valence-corrected chi connectivity index (χ0v) is 17.4. The second-order valence-corrected chi connectivity index (χ2v) is 9.59. The molecule has 0 aromatic rings. The molecule has 1 heterocycles. The molecule has 1 aliphatic carbocycles. The third kappa shape index (κ3) is 7.75. The number of carbonyl (C=O) groups is 2. The predicted molar refractivity (Wildman–Crippen MR) is 105 cm³/mol. The number of sulfonamides is 1. The lowest BCUT2D eigenvalue weighted by Crippen LogP contribution is -2.53. The zero-order valence-electron chi connectivity index (χ0n) is 16.6. The first-order valence-corrected chi connectivity index (χ1v) is 11.7. The molecule has 0 aromatic heterocycles. The van der Waals surface area contributed by atoms with Crippen molar-refractivity contribution in [3.8, 4) is 0 Å². The molecule has 2 aliphatic rings. The maximum Gasteiger partial charge on any atom is 0.239 e. The average Bonchev–Trinajstić information content (AvgIpc) is 2.62. The van der Waals surface area contributed by atoms with E-state index in [0.717, 1.165) is 32.1 Å². The number of amides is 2. The SMILES string of the molecule is CCCNC(=O)CN1CCN(C(=O)CS(=O)(=O)NC2CCC(C)CC2)CC1. The van der Waals surface area contributed by atoms with E-state index in [9.17, 15) is 18.0 Å². The Kier molecular flexibility index (Phi) is 8.50. The van der Waals surface area contributed by atoms with Crippen LogP contribution >= 0.6 is 0 Å². The number of hydrogen-bond acceptors (Lipinski definition) is 5. The Morgan fingerprint density at radius 3 is 2.26 bits per heavy atom. The van der Waals surface area contributed by atoms with Crippen molar-refractivity contribution in [3.05, 3.63) is 0 Å². The summed E-state index contributed by atoms with van der Waals surface area (Å²) in [5.41, 5.74) is 0. The summed E-state index contributed by atoms with van der Waals surface area (Å²) in [6.07, 6.45) is 4.63. The molecule has 0 atom stereocenters. The topological polar surface area (TPSA) is 98.8 Å². The standard InChI is InChI=1S/C18H34N4O4S/c1-3-8-19-17(23)13-21-9-11-22(12-10-21)18(24)14-27(25,26)20-16-6-4-15(2)5-7-16/h15-16,20H,3-14H2,1-2H3,(H,19,23). The van der Waals surface area contributed by atoms with Gasteiger partial charge in [-0.2, -0.15) is 0 Å². The van der Waals surface area contributed by atoms with Gasteiger partial charge in [0, 0.05) is 38.8 Å². The maximum absolute atomic E-state index is 12.4. The summed E-state index contributed by atoms with van der Waals surface area (Å²) in [5, 5.41) is 2.84. The van der Waals surface area contributed by atoms with Crippen LogP contribution in [0.5, 0.6) is 0 Å². The van der Waals surface area contributed by atoms with Crippen LogP contribution in [-0.2, 0) is 19.6 Å². The van der Waals surface area contributed by atoms with Gasteiger partial charge in [0.25, 0.3) is 0 Å². The van der Waals surface area contributed by atoms with E-state index in [1.54, 1.807) is 4.90 Å². The number of nitrogens with zero attached hydrogens (tertiary/aromatic N) is 2. The van der Waals surface area contributed by atoms with Crippen LogP contribution in [0.3, 0.4) is 0 Å². The molecule has 2 rings (SSSR count). The van der Waals surface area contributed by atoms with E-state index in [0.29, 0.717) is 45.2 Å². The van der Waals surface area contributed by atoms with Gasteiger partial charge >= 0.3 is 0 Å². The lowest BCUT2D eigenvalue weighted by molar-refractivity contribution is -0.130. The molecule has 2 amide bonds. The molecule has 27 heavy (non-hydrogen) atoms. The fourth-order valence-corrected chi connectivity index (χ4v) is 4.94. The highest BCUT2D eigenvalue weighted by atomic mass is 32.2. The quantitative estimate of drug-likeness (QED) is 0.602. The predicted octanol–water partition coefficient (Wildman–Crippen LogP) is 0.155. The van der Waals surface area contributed by atoms with Gasteiger partial charge in [0.15, 0.2) is 0 Å². The second-order valence-electron chi connectivity index (χ2n) is 7.84. The summed E-state index contributed by atoms with van der Waals surface area (Å²) in [6, 6.07) is -0.0440. The molecule has 0 unspecified atom stereocenters. The van der Waals surface area contributed by atoms with Gasteiger partial charge in [-0.1, -0.05) is 13.8 Å². The lowest BCUT2D eigenvalue weighted by atomic mass is 9.88. The number of carbonyl (C=O) groups excluding carboxylic acids is 2. The van der Waals surface area contributed by atoms with Crippen molar-refractivity contribution < 1.29 is 18.0 Å². The van der Waals surface area contributed by atoms with Crippen LogP contribution in [0.2, 0.25) is 0 Å². The Bertz CT molecular complexity index is 594. The molecular weight excluding hydrogens is 368 g/mol. The monoisotopic (exact) mass is 402 g/mol. The Hall–Kier alpha value is -1.19. The summed E-state index contributed by atoms with van der Waals surface area (Å²) in [6.45, 7) is 7.25. The molecule has 0 aromatic carbocycles. The third-order valence-electron chi connectivity index (χ3n) is 5.34. The molecule has 0 spiro atoms. The normalized spacial score (nSPS) is 24.6. The van der Waals surface area contributed by atoms with Crippen LogP contribution in [0.25, 0.3) is 0 Å². The van der Waals surface area contributed by atoms with E-state index in [4.69, 9.17) is 0 Å². The second kappa shape index (κ2) is 10.4. The molecule has 2 N–H and O–H groups in total. The van der Waals surface area contributed by atoms with Crippen LogP contribution in [0, 0.1) is 5.92 Å². The molecule has 1 aliphatic heterocycles. The van der Waals surface area contributed by atoms with Gasteiger partial charge in [-0.15, -0.1) is 0 Å². The summed E-state index contributed by atoms with van der Waals surface area (Å²) in [4.78, 5) is 27.7. The Morgan fingerprint density at radius 1 is 1.04 bits per heavy atom. The van der Waals surface area contributed by atoms with Crippen molar-refractivity contribution in [2.24, 2.45) is 5.92 Å². The van der Waals surface area contributed by atoms with Crippen LogP contribution in [-0.4, -0.2) is 81.1 Å². The van der Waals surface area contributed by atoms with E-state index in [1.165, 1.54) is 0 Å². The minimum absolute atomic E-state index is 0.00907. The summed E-state index contributed by atoms with van der Waals surface area (Å²) in [7, 11) is -3.61. The fraction of sp³-hybridized carbons (Fsp3) is 0.889. The number of nitrogens with one attached hydrogen (secondary N) is 2. The van der Waals surface area contributed by atoms with Crippen molar-refractivity contribution >= 4 is 21.8 Å². The maximum atomic E-state index is 12.4. The summed E-state index contributed by atoms with van der Waals surface area (Å²) < 4.78 is 27.3. The van der Waals surface area contributed by atoms with Crippen molar-refractivity contribution in [1.82, 2.24) is 19.8 Å². The van der Waals surface area contributed by atoms with Crippen LogP contribution in [0.1, 0.15) is 46.0 Å². The van der Waals surface area contributed by atoms with E-state index in [1.807, 2.05) is 11.8 Å². The molecule has 8 nitrogen and oxygen atoms in total. The molecular formula is C18H34N4O4S. The molecule has 9 heteroatoms. The smallest absolute Gasteiger partial charge is 0.239 e. The average molecular weight is 403 g/mol. The fourth-order valence-electron chi connectivity index (χ4n) is 3.61. The van der Waals surface area contributed by atoms with Crippen LogP contribution < -0.4 is 10.0 Å². The van der Waals surface area contributed by atoms with Crippen molar-refractivity contribution in [2.45, 2.75) is 52.0 Å². The third-order valence-corrected chi connectivity index (χ3v) is 6.66. The minimum atomic E-state index is -3.61. The highest BCUT2D eigenvalue weighted by Gasteiger charge is 2.28. The first kappa shape index (κ1) is 22.1.